The van der Waals surface area contributed by atoms with Gasteiger partial charge in [-0.3, -0.25) is 4.79 Å². The lowest BCUT2D eigenvalue weighted by atomic mass is 10.1. The van der Waals surface area contributed by atoms with E-state index in [1.165, 1.54) is 5.56 Å². The Balaban J connectivity index is 2.12. The molecular formula is C18H22N2O2. The van der Waals surface area contributed by atoms with Gasteiger partial charge in [0.25, 0.3) is 0 Å². The zero-order valence-electron chi connectivity index (χ0n) is 13.2. The average Bonchev–Trinajstić information content (AvgIpc) is 2.51. The van der Waals surface area contributed by atoms with Crippen LogP contribution in [0.2, 0.25) is 0 Å². The normalized spacial score (nSPS) is 11.8. The van der Waals surface area contributed by atoms with E-state index in [0.29, 0.717) is 18.0 Å². The summed E-state index contributed by atoms with van der Waals surface area (Å²) in [5.74, 6) is 1.23. The quantitative estimate of drug-likeness (QED) is 0.857. The highest BCUT2D eigenvalue weighted by atomic mass is 16.5. The summed E-state index contributed by atoms with van der Waals surface area (Å²) < 4.78 is 5.87. The fourth-order valence-electron chi connectivity index (χ4n) is 2.05. The van der Waals surface area contributed by atoms with E-state index in [1.54, 1.807) is 0 Å². The Morgan fingerprint density at radius 2 is 1.82 bits per heavy atom. The molecule has 0 bridgehead atoms. The fourth-order valence-corrected chi connectivity index (χ4v) is 2.05. The highest BCUT2D eigenvalue weighted by Gasteiger charge is 2.14. The topological polar surface area (TPSA) is 50.4 Å². The molecule has 0 aromatic heterocycles. The van der Waals surface area contributed by atoms with Gasteiger partial charge in [-0.1, -0.05) is 36.8 Å². The number of aryl methyl sites for hydroxylation is 1. The van der Waals surface area contributed by atoms with Crippen molar-refractivity contribution in [1.29, 1.82) is 0 Å². The summed E-state index contributed by atoms with van der Waals surface area (Å²) in [5.41, 5.74) is 1.85. The first-order valence-corrected chi connectivity index (χ1v) is 7.39. The predicted molar refractivity (Wildman–Crippen MR) is 89.4 cm³/mol. The minimum absolute atomic E-state index is 0.0330. The van der Waals surface area contributed by atoms with Crippen LogP contribution in [0.5, 0.6) is 11.5 Å². The van der Waals surface area contributed by atoms with Crippen LogP contribution in [0.15, 0.2) is 48.5 Å². The van der Waals surface area contributed by atoms with Gasteiger partial charge in [0.15, 0.2) is 5.75 Å². The van der Waals surface area contributed by atoms with Crippen LogP contribution in [0.4, 0.5) is 5.69 Å². The molecule has 2 aromatic rings. The number of rotatable bonds is 6. The van der Waals surface area contributed by atoms with E-state index in [9.17, 15) is 4.79 Å². The third kappa shape index (κ3) is 4.33. The highest BCUT2D eigenvalue weighted by Crippen LogP contribution is 2.29. The molecule has 0 saturated carbocycles. The van der Waals surface area contributed by atoms with Crippen molar-refractivity contribution < 1.29 is 9.53 Å². The summed E-state index contributed by atoms with van der Waals surface area (Å²) in [6, 6.07) is 15.3. The summed E-state index contributed by atoms with van der Waals surface area (Å²) in [6.45, 7) is 4.54. The molecule has 116 valence electrons. The molecule has 0 aliphatic heterocycles. The smallest absolute Gasteiger partial charge is 0.228 e. The van der Waals surface area contributed by atoms with Crippen LogP contribution in [-0.2, 0) is 4.79 Å². The number of ether oxygens (including phenoxy) is 1. The highest BCUT2D eigenvalue weighted by molar-refractivity contribution is 5.93. The molecule has 2 N–H and O–H groups in total. The monoisotopic (exact) mass is 298 g/mol. The molecule has 4 nitrogen and oxygen atoms in total. The van der Waals surface area contributed by atoms with Crippen molar-refractivity contribution in [3.63, 3.8) is 0 Å². The van der Waals surface area contributed by atoms with E-state index in [-0.39, 0.29) is 11.8 Å². The number of carbonyl (C=O) groups is 1. The van der Waals surface area contributed by atoms with E-state index < -0.39 is 0 Å². The SMILES string of the molecule is CNCC(C)C(=O)Nc1ccccc1Oc1ccc(C)cc1. The number of hydrogen-bond donors (Lipinski definition) is 2. The van der Waals surface area contributed by atoms with Gasteiger partial charge >= 0.3 is 0 Å². The minimum atomic E-state index is -0.113. The predicted octanol–water partition coefficient (Wildman–Crippen LogP) is 3.58. The Morgan fingerprint density at radius 1 is 1.14 bits per heavy atom. The minimum Gasteiger partial charge on any atom is -0.455 e. The zero-order chi connectivity index (χ0) is 15.9. The maximum atomic E-state index is 12.1. The number of amides is 1. The zero-order valence-corrected chi connectivity index (χ0v) is 13.2. The second kappa shape index (κ2) is 7.61. The summed E-state index contributed by atoms with van der Waals surface area (Å²) in [4.78, 5) is 12.1. The number of anilines is 1. The summed E-state index contributed by atoms with van der Waals surface area (Å²) in [6.07, 6.45) is 0. The summed E-state index contributed by atoms with van der Waals surface area (Å²) in [5, 5.41) is 5.92. The van der Waals surface area contributed by atoms with Gasteiger partial charge < -0.3 is 15.4 Å². The molecule has 1 amide bonds. The van der Waals surface area contributed by atoms with Crippen LogP contribution >= 0.6 is 0 Å². The van der Waals surface area contributed by atoms with Gasteiger partial charge in [-0.25, -0.2) is 0 Å². The fraction of sp³-hybridized carbons (Fsp3) is 0.278. The molecule has 0 radical (unpaired) electrons. The molecule has 1 unspecified atom stereocenters. The molecule has 22 heavy (non-hydrogen) atoms. The van der Waals surface area contributed by atoms with Gasteiger partial charge in [-0.15, -0.1) is 0 Å². The van der Waals surface area contributed by atoms with Crippen LogP contribution in [-0.4, -0.2) is 19.5 Å². The first kappa shape index (κ1) is 16.0. The van der Waals surface area contributed by atoms with E-state index in [2.05, 4.69) is 10.6 Å². The Kier molecular flexibility index (Phi) is 5.55. The molecule has 0 fully saturated rings. The second-order valence-corrected chi connectivity index (χ2v) is 5.36. The van der Waals surface area contributed by atoms with Crippen LogP contribution in [0.1, 0.15) is 12.5 Å². The van der Waals surface area contributed by atoms with Crippen molar-refractivity contribution in [3.05, 3.63) is 54.1 Å². The van der Waals surface area contributed by atoms with Crippen molar-refractivity contribution in [2.45, 2.75) is 13.8 Å². The molecule has 2 rings (SSSR count). The van der Waals surface area contributed by atoms with Crippen molar-refractivity contribution in [2.24, 2.45) is 5.92 Å². The largest absolute Gasteiger partial charge is 0.455 e. The molecule has 0 aliphatic rings. The van der Waals surface area contributed by atoms with Crippen molar-refractivity contribution in [2.75, 3.05) is 18.9 Å². The lowest BCUT2D eigenvalue weighted by molar-refractivity contribution is -0.119. The van der Waals surface area contributed by atoms with E-state index in [4.69, 9.17) is 4.74 Å². The van der Waals surface area contributed by atoms with E-state index in [1.807, 2.05) is 69.4 Å². The van der Waals surface area contributed by atoms with Crippen LogP contribution in [0.3, 0.4) is 0 Å². The van der Waals surface area contributed by atoms with Gasteiger partial charge in [0, 0.05) is 12.5 Å². The van der Waals surface area contributed by atoms with Gasteiger partial charge in [0.2, 0.25) is 5.91 Å². The summed E-state index contributed by atoms with van der Waals surface area (Å²) in [7, 11) is 1.83. The van der Waals surface area contributed by atoms with E-state index in [0.717, 1.165) is 5.75 Å². The molecule has 4 heteroatoms. The second-order valence-electron chi connectivity index (χ2n) is 5.36. The summed E-state index contributed by atoms with van der Waals surface area (Å²) >= 11 is 0. The number of hydrogen-bond acceptors (Lipinski definition) is 3. The average molecular weight is 298 g/mol. The molecule has 0 saturated heterocycles. The molecule has 1 atom stereocenters. The number of benzene rings is 2. The Bertz CT molecular complexity index is 623. The van der Waals surface area contributed by atoms with Gasteiger partial charge in [-0.05, 0) is 38.2 Å². The van der Waals surface area contributed by atoms with Crippen LogP contribution in [0.25, 0.3) is 0 Å². The van der Waals surface area contributed by atoms with E-state index >= 15 is 0 Å². The third-order valence-electron chi connectivity index (χ3n) is 3.35. The third-order valence-corrected chi connectivity index (χ3v) is 3.35. The Morgan fingerprint density at radius 3 is 2.50 bits per heavy atom. The molecule has 2 aromatic carbocycles. The Labute approximate surface area is 131 Å². The standard InChI is InChI=1S/C18H22N2O2/c1-13-8-10-15(11-9-13)22-17-7-5-4-6-16(17)20-18(21)14(2)12-19-3/h4-11,14,19H,12H2,1-3H3,(H,20,21). The van der Waals surface area contributed by atoms with Crippen molar-refractivity contribution in [1.82, 2.24) is 5.32 Å². The van der Waals surface area contributed by atoms with Gasteiger partial charge in [0.1, 0.15) is 5.75 Å². The molecular weight excluding hydrogens is 276 g/mol. The van der Waals surface area contributed by atoms with Gasteiger partial charge in [0.05, 0.1) is 5.69 Å². The van der Waals surface area contributed by atoms with Crippen LogP contribution in [0, 0.1) is 12.8 Å². The number of nitrogens with one attached hydrogen (secondary N) is 2. The number of para-hydroxylation sites is 2. The van der Waals surface area contributed by atoms with Crippen LogP contribution < -0.4 is 15.4 Å². The lowest BCUT2D eigenvalue weighted by Crippen LogP contribution is -2.28. The molecule has 0 heterocycles. The first-order chi connectivity index (χ1) is 10.6. The first-order valence-electron chi connectivity index (χ1n) is 7.39. The van der Waals surface area contributed by atoms with Crippen molar-refractivity contribution in [3.8, 4) is 11.5 Å². The Hall–Kier alpha value is -2.33. The maximum absolute atomic E-state index is 12.1. The lowest BCUT2D eigenvalue weighted by Gasteiger charge is -2.15. The molecule has 0 spiro atoms. The van der Waals surface area contributed by atoms with Crippen molar-refractivity contribution >= 4 is 11.6 Å². The molecule has 0 aliphatic carbocycles. The van der Waals surface area contributed by atoms with Gasteiger partial charge in [-0.2, -0.15) is 0 Å². The maximum Gasteiger partial charge on any atom is 0.228 e. The number of carbonyl (C=O) groups excluding carboxylic acids is 1.